The molecule has 25 heavy (non-hydrogen) atoms. The van der Waals surface area contributed by atoms with Gasteiger partial charge in [0.2, 0.25) is 5.91 Å². The van der Waals surface area contributed by atoms with E-state index in [1.807, 2.05) is 37.3 Å². The number of halogens is 2. The lowest BCUT2D eigenvalue weighted by Crippen LogP contribution is -2.27. The van der Waals surface area contributed by atoms with E-state index in [2.05, 4.69) is 5.32 Å². The van der Waals surface area contributed by atoms with E-state index in [0.717, 1.165) is 33.9 Å². The SMILES string of the molecule is COc1ccc(CC(=O)NCCSCc2ccc(Cl)cc2Cl)cc1C. The summed E-state index contributed by atoms with van der Waals surface area (Å²) in [4.78, 5) is 12.0. The van der Waals surface area contributed by atoms with E-state index in [-0.39, 0.29) is 5.91 Å². The Balaban J connectivity index is 1.69. The molecule has 0 heterocycles. The number of carbonyl (C=O) groups is 1. The van der Waals surface area contributed by atoms with Crippen LogP contribution in [0.25, 0.3) is 0 Å². The van der Waals surface area contributed by atoms with Crippen LogP contribution < -0.4 is 10.1 Å². The maximum absolute atomic E-state index is 12.0. The molecule has 0 aliphatic heterocycles. The average molecular weight is 398 g/mol. The fourth-order valence-electron chi connectivity index (χ4n) is 2.38. The van der Waals surface area contributed by atoms with Gasteiger partial charge in [-0.15, -0.1) is 0 Å². The Bertz CT molecular complexity index is 737. The number of hydrogen-bond acceptors (Lipinski definition) is 3. The monoisotopic (exact) mass is 397 g/mol. The molecule has 0 aliphatic carbocycles. The van der Waals surface area contributed by atoms with Gasteiger partial charge in [0.05, 0.1) is 13.5 Å². The van der Waals surface area contributed by atoms with Crippen LogP contribution in [-0.2, 0) is 17.0 Å². The lowest BCUT2D eigenvalue weighted by molar-refractivity contribution is -0.120. The van der Waals surface area contributed by atoms with Gasteiger partial charge in [-0.05, 0) is 41.8 Å². The summed E-state index contributed by atoms with van der Waals surface area (Å²) < 4.78 is 5.23. The summed E-state index contributed by atoms with van der Waals surface area (Å²) in [6.07, 6.45) is 0.374. The molecule has 0 unspecified atom stereocenters. The number of amides is 1. The number of hydrogen-bond donors (Lipinski definition) is 1. The summed E-state index contributed by atoms with van der Waals surface area (Å²) >= 11 is 13.7. The highest BCUT2D eigenvalue weighted by molar-refractivity contribution is 7.98. The maximum Gasteiger partial charge on any atom is 0.224 e. The van der Waals surface area contributed by atoms with Crippen molar-refractivity contribution in [2.75, 3.05) is 19.4 Å². The average Bonchev–Trinajstić information content (AvgIpc) is 2.56. The second kappa shape index (κ2) is 9.95. The minimum Gasteiger partial charge on any atom is -0.496 e. The van der Waals surface area contributed by atoms with Crippen molar-refractivity contribution in [3.05, 3.63) is 63.1 Å². The van der Waals surface area contributed by atoms with Gasteiger partial charge < -0.3 is 10.1 Å². The molecule has 0 spiro atoms. The van der Waals surface area contributed by atoms with Gasteiger partial charge in [-0.1, -0.05) is 41.4 Å². The second-order valence-corrected chi connectivity index (χ2v) is 7.57. The molecule has 0 bridgehead atoms. The predicted octanol–water partition coefficient (Wildman–Crippen LogP) is 4.90. The van der Waals surface area contributed by atoms with Gasteiger partial charge >= 0.3 is 0 Å². The first-order valence-electron chi connectivity index (χ1n) is 7.91. The van der Waals surface area contributed by atoms with Crippen LogP contribution in [0.4, 0.5) is 0 Å². The molecule has 0 atom stereocenters. The lowest BCUT2D eigenvalue weighted by Gasteiger charge is -2.09. The van der Waals surface area contributed by atoms with Gasteiger partial charge in [0.1, 0.15) is 5.75 Å². The van der Waals surface area contributed by atoms with Crippen molar-refractivity contribution >= 4 is 40.9 Å². The Morgan fingerprint density at radius 3 is 2.68 bits per heavy atom. The van der Waals surface area contributed by atoms with E-state index in [1.165, 1.54) is 0 Å². The molecule has 0 saturated heterocycles. The third kappa shape index (κ3) is 6.46. The van der Waals surface area contributed by atoms with Crippen LogP contribution in [-0.4, -0.2) is 25.3 Å². The highest BCUT2D eigenvalue weighted by atomic mass is 35.5. The van der Waals surface area contributed by atoms with Crippen molar-refractivity contribution in [2.24, 2.45) is 0 Å². The van der Waals surface area contributed by atoms with E-state index in [1.54, 1.807) is 24.9 Å². The first-order valence-corrected chi connectivity index (χ1v) is 9.82. The van der Waals surface area contributed by atoms with Crippen molar-refractivity contribution in [3.63, 3.8) is 0 Å². The molecular weight excluding hydrogens is 377 g/mol. The van der Waals surface area contributed by atoms with Crippen molar-refractivity contribution in [1.29, 1.82) is 0 Å². The highest BCUT2D eigenvalue weighted by Crippen LogP contribution is 2.24. The van der Waals surface area contributed by atoms with Gasteiger partial charge in [-0.2, -0.15) is 11.8 Å². The van der Waals surface area contributed by atoms with Crippen LogP contribution in [0, 0.1) is 6.92 Å². The van der Waals surface area contributed by atoms with Crippen LogP contribution >= 0.6 is 35.0 Å². The molecule has 2 aromatic carbocycles. The van der Waals surface area contributed by atoms with E-state index >= 15 is 0 Å². The zero-order valence-electron chi connectivity index (χ0n) is 14.3. The smallest absolute Gasteiger partial charge is 0.224 e. The topological polar surface area (TPSA) is 38.3 Å². The second-order valence-electron chi connectivity index (χ2n) is 5.62. The Hall–Kier alpha value is -1.36. The van der Waals surface area contributed by atoms with Gasteiger partial charge in [0.25, 0.3) is 0 Å². The number of ether oxygens (including phenoxy) is 1. The molecule has 134 valence electrons. The maximum atomic E-state index is 12.0. The largest absolute Gasteiger partial charge is 0.496 e. The number of nitrogens with one attached hydrogen (secondary N) is 1. The zero-order chi connectivity index (χ0) is 18.2. The summed E-state index contributed by atoms with van der Waals surface area (Å²) in [5.41, 5.74) is 3.07. The molecule has 0 aliphatic rings. The van der Waals surface area contributed by atoms with E-state index < -0.39 is 0 Å². The Morgan fingerprint density at radius 2 is 2.00 bits per heavy atom. The molecule has 3 nitrogen and oxygen atoms in total. The molecule has 0 saturated carbocycles. The number of rotatable bonds is 8. The van der Waals surface area contributed by atoms with Gasteiger partial charge in [0, 0.05) is 28.1 Å². The Labute approximate surface area is 163 Å². The summed E-state index contributed by atoms with van der Waals surface area (Å²) in [5.74, 6) is 2.48. The molecule has 6 heteroatoms. The summed E-state index contributed by atoms with van der Waals surface area (Å²) in [5, 5.41) is 4.26. The number of benzene rings is 2. The standard InChI is InChI=1S/C19H21Cl2NO2S/c1-13-9-14(3-6-18(13)24-2)10-19(23)22-7-8-25-12-15-4-5-16(20)11-17(15)21/h3-6,9,11H,7-8,10,12H2,1-2H3,(H,22,23). The van der Waals surface area contributed by atoms with Crippen LogP contribution in [0.3, 0.4) is 0 Å². The fraction of sp³-hybridized carbons (Fsp3) is 0.316. The molecule has 2 aromatic rings. The van der Waals surface area contributed by atoms with Crippen LogP contribution in [0.1, 0.15) is 16.7 Å². The van der Waals surface area contributed by atoms with E-state index in [9.17, 15) is 4.79 Å². The molecule has 1 amide bonds. The molecular formula is C19H21Cl2NO2S. The molecule has 0 aromatic heterocycles. The fourth-order valence-corrected chi connectivity index (χ4v) is 3.80. The third-order valence-electron chi connectivity index (χ3n) is 3.67. The predicted molar refractivity (Wildman–Crippen MR) is 107 cm³/mol. The first kappa shape index (κ1) is 20.0. The van der Waals surface area contributed by atoms with E-state index in [4.69, 9.17) is 27.9 Å². The molecule has 0 radical (unpaired) electrons. The summed E-state index contributed by atoms with van der Waals surface area (Å²) in [6.45, 7) is 2.60. The number of carbonyl (C=O) groups excluding carboxylic acids is 1. The summed E-state index contributed by atoms with van der Waals surface area (Å²) in [6, 6.07) is 11.3. The first-order chi connectivity index (χ1) is 12.0. The normalized spacial score (nSPS) is 10.6. The van der Waals surface area contributed by atoms with Crippen molar-refractivity contribution in [3.8, 4) is 5.75 Å². The number of aryl methyl sites for hydroxylation is 1. The Morgan fingerprint density at radius 1 is 1.20 bits per heavy atom. The van der Waals surface area contributed by atoms with Crippen LogP contribution in [0.15, 0.2) is 36.4 Å². The lowest BCUT2D eigenvalue weighted by atomic mass is 10.1. The van der Waals surface area contributed by atoms with Crippen LogP contribution in [0.5, 0.6) is 5.75 Å². The Kier molecular flexibility index (Phi) is 7.94. The van der Waals surface area contributed by atoms with Gasteiger partial charge in [-0.3, -0.25) is 4.79 Å². The molecule has 0 fully saturated rings. The van der Waals surface area contributed by atoms with Gasteiger partial charge in [0.15, 0.2) is 0 Å². The highest BCUT2D eigenvalue weighted by Gasteiger charge is 2.06. The minimum absolute atomic E-state index is 0.0229. The molecule has 2 rings (SSSR count). The number of methoxy groups -OCH3 is 1. The zero-order valence-corrected chi connectivity index (χ0v) is 16.6. The van der Waals surface area contributed by atoms with Crippen molar-refractivity contribution < 1.29 is 9.53 Å². The van der Waals surface area contributed by atoms with Crippen molar-refractivity contribution in [1.82, 2.24) is 5.32 Å². The third-order valence-corrected chi connectivity index (χ3v) is 5.26. The summed E-state index contributed by atoms with van der Waals surface area (Å²) in [7, 11) is 1.64. The van der Waals surface area contributed by atoms with E-state index in [0.29, 0.717) is 23.0 Å². The van der Waals surface area contributed by atoms with Crippen LogP contribution in [0.2, 0.25) is 10.0 Å². The number of thioether (sulfide) groups is 1. The van der Waals surface area contributed by atoms with Crippen molar-refractivity contribution in [2.45, 2.75) is 19.1 Å². The minimum atomic E-state index is 0.0229. The quantitative estimate of drug-likeness (QED) is 0.643. The van der Waals surface area contributed by atoms with Gasteiger partial charge in [-0.25, -0.2) is 0 Å². The molecule has 1 N–H and O–H groups in total.